The third-order valence-electron chi connectivity index (χ3n) is 5.77. The number of thiophene rings is 2. The van der Waals surface area contributed by atoms with Crippen molar-refractivity contribution in [2.75, 3.05) is 17.7 Å². The second-order valence-electron chi connectivity index (χ2n) is 8.50. The summed E-state index contributed by atoms with van der Waals surface area (Å²) in [7, 11) is -4.33. The number of hydrogen-bond donors (Lipinski definition) is 1. The van der Waals surface area contributed by atoms with Crippen molar-refractivity contribution in [3.63, 3.8) is 0 Å². The number of alkyl halides is 3. The van der Waals surface area contributed by atoms with Crippen molar-refractivity contribution in [1.82, 2.24) is 9.97 Å². The number of rotatable bonds is 9. The minimum absolute atomic E-state index is 0.146. The zero-order valence-corrected chi connectivity index (χ0v) is 22.7. The molecule has 38 heavy (non-hydrogen) atoms. The van der Waals surface area contributed by atoms with E-state index in [-0.39, 0.29) is 25.1 Å². The van der Waals surface area contributed by atoms with E-state index in [2.05, 4.69) is 15.3 Å². The number of fused-ring (bicyclic) bond motifs is 1. The number of aromatic nitrogens is 2. The predicted molar refractivity (Wildman–Crippen MR) is 137 cm³/mol. The fourth-order valence-corrected chi connectivity index (χ4v) is 7.20. The molecule has 0 fully saturated rings. The Kier molecular flexibility index (Phi) is 8.52. The largest absolute Gasteiger partial charge is 0.462 e. The van der Waals surface area contributed by atoms with Crippen LogP contribution in [-0.4, -0.2) is 42.6 Å². The summed E-state index contributed by atoms with van der Waals surface area (Å²) in [5.74, 6) is -1.67. The number of carbonyl (C=O) groups is 2. The molecular weight excluding hydrogens is 563 g/mol. The minimum atomic E-state index is -4.87. The summed E-state index contributed by atoms with van der Waals surface area (Å²) in [5.41, 5.74) is -0.293. The molecule has 4 rings (SSSR count). The maximum Gasteiger partial charge on any atom is 0.433 e. The van der Waals surface area contributed by atoms with Gasteiger partial charge in [0.05, 0.1) is 28.5 Å². The lowest BCUT2D eigenvalue weighted by Crippen LogP contribution is -2.19. The molecule has 0 bridgehead atoms. The van der Waals surface area contributed by atoms with E-state index < -0.39 is 44.5 Å². The van der Waals surface area contributed by atoms with Crippen molar-refractivity contribution >= 4 is 49.4 Å². The van der Waals surface area contributed by atoms with Crippen molar-refractivity contribution in [2.24, 2.45) is 0 Å². The standard InChI is InChI=1S/C24H24F3N3O5S3/c1-2-35-22(32)20-14-7-3-4-8-16(14)37-21(20)30-19(31)10-6-12-38(33,34)23-28-15(17-9-5-11-36-17)13-18(29-23)24(25,26)27/h5,9,11,13H,2-4,6-8,10,12H2,1H3,(H,30,31). The Morgan fingerprint density at radius 2 is 1.95 bits per heavy atom. The molecule has 0 saturated carbocycles. The van der Waals surface area contributed by atoms with Gasteiger partial charge in [0.25, 0.3) is 0 Å². The Balaban J connectivity index is 1.47. The van der Waals surface area contributed by atoms with Gasteiger partial charge in [-0.3, -0.25) is 4.79 Å². The molecule has 0 aromatic carbocycles. The van der Waals surface area contributed by atoms with Crippen LogP contribution in [0.5, 0.6) is 0 Å². The molecule has 204 valence electrons. The lowest BCUT2D eigenvalue weighted by atomic mass is 9.95. The van der Waals surface area contributed by atoms with Crippen molar-refractivity contribution in [2.45, 2.75) is 56.8 Å². The van der Waals surface area contributed by atoms with Crippen LogP contribution in [0.1, 0.15) is 59.1 Å². The average Bonchev–Trinajstić information content (AvgIpc) is 3.51. The summed E-state index contributed by atoms with van der Waals surface area (Å²) in [6.07, 6.45) is -1.87. The second kappa shape index (κ2) is 11.5. The number of hydrogen-bond acceptors (Lipinski definition) is 9. The van der Waals surface area contributed by atoms with Crippen LogP contribution < -0.4 is 5.32 Å². The molecule has 0 aliphatic heterocycles. The van der Waals surface area contributed by atoms with Crippen molar-refractivity contribution in [1.29, 1.82) is 0 Å². The number of halogens is 3. The Morgan fingerprint density at radius 1 is 1.18 bits per heavy atom. The van der Waals surface area contributed by atoms with E-state index in [4.69, 9.17) is 4.74 Å². The molecule has 8 nitrogen and oxygen atoms in total. The number of nitrogens with zero attached hydrogens (tertiary/aromatic N) is 2. The number of esters is 1. The van der Waals surface area contributed by atoms with Crippen LogP contribution in [0.15, 0.2) is 28.7 Å². The van der Waals surface area contributed by atoms with Gasteiger partial charge in [0.15, 0.2) is 0 Å². The number of nitrogens with one attached hydrogen (secondary N) is 1. The van der Waals surface area contributed by atoms with Crippen LogP contribution in [0.4, 0.5) is 18.2 Å². The number of anilines is 1. The van der Waals surface area contributed by atoms with E-state index in [1.165, 1.54) is 17.4 Å². The molecule has 0 atom stereocenters. The number of ether oxygens (including phenoxy) is 1. The summed E-state index contributed by atoms with van der Waals surface area (Å²) in [6, 6.07) is 3.85. The van der Waals surface area contributed by atoms with E-state index in [9.17, 15) is 31.2 Å². The summed E-state index contributed by atoms with van der Waals surface area (Å²) >= 11 is 2.42. The van der Waals surface area contributed by atoms with Crippen molar-refractivity contribution in [3.8, 4) is 10.6 Å². The molecule has 3 heterocycles. The SMILES string of the molecule is CCOC(=O)c1c(NC(=O)CCCS(=O)(=O)c2nc(-c3cccs3)cc(C(F)(F)F)n2)sc2c1CCCC2. The fourth-order valence-electron chi connectivity index (χ4n) is 4.04. The maximum atomic E-state index is 13.4. The summed E-state index contributed by atoms with van der Waals surface area (Å²) in [5, 5.41) is 3.76. The van der Waals surface area contributed by atoms with Crippen LogP contribution in [0.3, 0.4) is 0 Å². The summed E-state index contributed by atoms with van der Waals surface area (Å²) in [4.78, 5) is 33.7. The number of carbonyl (C=O) groups excluding carboxylic acids is 2. The highest BCUT2D eigenvalue weighted by molar-refractivity contribution is 7.91. The molecule has 0 radical (unpaired) electrons. The van der Waals surface area contributed by atoms with Crippen LogP contribution in [-0.2, 0) is 38.4 Å². The zero-order valence-electron chi connectivity index (χ0n) is 20.3. The van der Waals surface area contributed by atoms with E-state index in [1.54, 1.807) is 18.4 Å². The molecule has 3 aromatic rings. The van der Waals surface area contributed by atoms with Gasteiger partial charge in [-0.1, -0.05) is 6.07 Å². The quantitative estimate of drug-likeness (QED) is 0.258. The first kappa shape index (κ1) is 28.2. The average molecular weight is 588 g/mol. The first-order chi connectivity index (χ1) is 18.0. The van der Waals surface area contributed by atoms with Gasteiger partial charge in [-0.25, -0.2) is 23.2 Å². The van der Waals surface area contributed by atoms with Gasteiger partial charge in [0, 0.05) is 11.3 Å². The third-order valence-corrected chi connectivity index (χ3v) is 9.43. The van der Waals surface area contributed by atoms with Gasteiger partial charge in [0.1, 0.15) is 10.7 Å². The van der Waals surface area contributed by atoms with Gasteiger partial charge < -0.3 is 10.1 Å². The highest BCUT2D eigenvalue weighted by Crippen LogP contribution is 2.39. The molecule has 1 N–H and O–H groups in total. The molecule has 0 saturated heterocycles. The van der Waals surface area contributed by atoms with Gasteiger partial charge in [-0.05, 0) is 62.1 Å². The second-order valence-corrected chi connectivity index (χ2v) is 12.6. The monoisotopic (exact) mass is 587 g/mol. The number of aryl methyl sites for hydroxylation is 1. The summed E-state index contributed by atoms with van der Waals surface area (Å²) in [6.45, 7) is 1.87. The molecule has 1 aliphatic rings. The van der Waals surface area contributed by atoms with Crippen molar-refractivity contribution in [3.05, 3.63) is 45.3 Å². The maximum absolute atomic E-state index is 13.4. The summed E-state index contributed by atoms with van der Waals surface area (Å²) < 4.78 is 71.0. The Labute approximate surface area is 225 Å². The molecule has 1 aliphatic carbocycles. The van der Waals surface area contributed by atoms with Crippen LogP contribution in [0, 0.1) is 0 Å². The van der Waals surface area contributed by atoms with Crippen molar-refractivity contribution < 1.29 is 35.9 Å². The number of sulfone groups is 1. The Bertz CT molecular complexity index is 1430. The molecule has 3 aromatic heterocycles. The Hall–Kier alpha value is -2.84. The van der Waals surface area contributed by atoms with Gasteiger partial charge in [-0.2, -0.15) is 13.2 Å². The first-order valence-electron chi connectivity index (χ1n) is 11.8. The van der Waals surface area contributed by atoms with Crippen LogP contribution in [0.2, 0.25) is 0 Å². The normalized spacial score (nSPS) is 13.7. The minimum Gasteiger partial charge on any atom is -0.462 e. The Morgan fingerprint density at radius 3 is 2.63 bits per heavy atom. The fraction of sp³-hybridized carbons (Fsp3) is 0.417. The number of amides is 1. The molecule has 14 heteroatoms. The molecule has 0 unspecified atom stereocenters. The predicted octanol–water partition coefficient (Wildman–Crippen LogP) is 5.53. The van der Waals surface area contributed by atoms with Crippen LogP contribution >= 0.6 is 22.7 Å². The lowest BCUT2D eigenvalue weighted by molar-refractivity contribution is -0.141. The van der Waals surface area contributed by atoms with Gasteiger partial charge in [0.2, 0.25) is 20.9 Å². The van der Waals surface area contributed by atoms with E-state index in [0.29, 0.717) is 27.9 Å². The van der Waals surface area contributed by atoms with Crippen LogP contribution in [0.25, 0.3) is 10.6 Å². The van der Waals surface area contributed by atoms with E-state index >= 15 is 0 Å². The van der Waals surface area contributed by atoms with E-state index in [1.807, 2.05) is 0 Å². The van der Waals surface area contributed by atoms with Gasteiger partial charge in [-0.15, -0.1) is 22.7 Å². The van der Waals surface area contributed by atoms with E-state index in [0.717, 1.165) is 41.0 Å². The molecule has 1 amide bonds. The third kappa shape index (κ3) is 6.41. The first-order valence-corrected chi connectivity index (χ1v) is 15.2. The van der Waals surface area contributed by atoms with Gasteiger partial charge >= 0.3 is 12.1 Å². The smallest absolute Gasteiger partial charge is 0.433 e. The molecule has 0 spiro atoms. The highest BCUT2D eigenvalue weighted by atomic mass is 32.2. The topological polar surface area (TPSA) is 115 Å². The lowest BCUT2D eigenvalue weighted by Gasteiger charge is -2.12. The molecular formula is C24H24F3N3O5S3. The highest BCUT2D eigenvalue weighted by Gasteiger charge is 2.35. The zero-order chi connectivity index (χ0) is 27.5.